The average Bonchev–Trinajstić information content (AvgIpc) is 2.74. The topological polar surface area (TPSA) is 111 Å². The highest BCUT2D eigenvalue weighted by Gasteiger charge is 2.22. The molecule has 0 spiro atoms. The molecule has 96 heavy (non-hydrogen) atoms. The molecule has 0 aliphatic rings. The molecule has 0 saturated carbocycles. The summed E-state index contributed by atoms with van der Waals surface area (Å²) < 4.78 is 22.9. The summed E-state index contributed by atoms with van der Waals surface area (Å²) in [7, 11) is 5.94. The number of ether oxygens (including phenoxy) is 4. The van der Waals surface area contributed by atoms with Crippen LogP contribution in [0.25, 0.3) is 0 Å². The third-order valence-electron chi connectivity index (χ3n) is 17.8. The standard InChI is InChI=1S/C87H153NO8/c1-6-8-10-12-14-16-18-20-22-24-26-28-30-32-34-36-38-40-42-43-44-46-48-50-52-54-56-58-60-62-64-66-68-70-72-74-76-78-85(90)96-83(82-95-87(86(91)92)93-80-79-88(3,4)5)81-94-84(89)77-75-73-71-69-67-65-63-61-59-57-55-53-51-49-47-45-41-39-37-35-33-31-29-27-25-23-21-19-17-15-13-11-9-7-2/h8,10,14,16,20,22,26,28,32,34,38,40,43-44,48,50,54,56,83,87H,6-7,9,11-13,15,17-19,21,23-25,27,29-31,33,35-37,39,41-42,45-47,49,51-53,55,57-82H2,1-5H3/b10-8-,16-14-,22-20-,28-26-,34-32-,40-38-,44-43-,50-48-,56-54-. The molecule has 0 bridgehead atoms. The lowest BCUT2D eigenvalue weighted by Gasteiger charge is -2.26. The maximum Gasteiger partial charge on any atom is 0.306 e. The van der Waals surface area contributed by atoms with Gasteiger partial charge in [-0.15, -0.1) is 0 Å². The van der Waals surface area contributed by atoms with E-state index in [0.717, 1.165) is 103 Å². The van der Waals surface area contributed by atoms with Crippen molar-refractivity contribution >= 4 is 17.9 Å². The van der Waals surface area contributed by atoms with Crippen LogP contribution in [-0.2, 0) is 33.3 Å². The van der Waals surface area contributed by atoms with Crippen molar-refractivity contribution in [3.05, 3.63) is 109 Å². The number of carbonyl (C=O) groups excluding carboxylic acids is 3. The van der Waals surface area contributed by atoms with Crippen LogP contribution in [0.5, 0.6) is 0 Å². The lowest BCUT2D eigenvalue weighted by molar-refractivity contribution is -0.870. The fraction of sp³-hybridized carbons (Fsp3) is 0.759. The molecule has 0 heterocycles. The summed E-state index contributed by atoms with van der Waals surface area (Å²) in [4.78, 5) is 37.6. The summed E-state index contributed by atoms with van der Waals surface area (Å²) in [6.45, 7) is 4.67. The number of carboxylic acid groups (broad SMARTS) is 1. The average molecular weight is 1340 g/mol. The number of esters is 2. The van der Waals surface area contributed by atoms with Crippen molar-refractivity contribution in [1.82, 2.24) is 0 Å². The van der Waals surface area contributed by atoms with Crippen molar-refractivity contribution in [2.75, 3.05) is 47.5 Å². The number of unbranched alkanes of at least 4 members (excludes halogenated alkanes) is 42. The molecule has 0 saturated heterocycles. The zero-order chi connectivity index (χ0) is 69.7. The summed E-state index contributed by atoms with van der Waals surface area (Å²) in [6, 6.07) is 0. The van der Waals surface area contributed by atoms with E-state index in [1.54, 1.807) is 0 Å². The number of aliphatic carboxylic acids is 1. The maximum absolute atomic E-state index is 13.0. The first-order valence-corrected chi connectivity index (χ1v) is 40.5. The van der Waals surface area contributed by atoms with Crippen LogP contribution in [0.4, 0.5) is 0 Å². The lowest BCUT2D eigenvalue weighted by atomic mass is 10.0. The summed E-state index contributed by atoms with van der Waals surface area (Å²) in [6.07, 6.45) is 105. The Hall–Kier alpha value is -4.05. The van der Waals surface area contributed by atoms with Gasteiger partial charge < -0.3 is 33.3 Å². The summed E-state index contributed by atoms with van der Waals surface area (Å²) in [5.74, 6) is -2.28. The highest BCUT2D eigenvalue weighted by atomic mass is 16.7. The van der Waals surface area contributed by atoms with Crippen molar-refractivity contribution in [3.8, 4) is 0 Å². The van der Waals surface area contributed by atoms with E-state index in [4.69, 9.17) is 18.9 Å². The van der Waals surface area contributed by atoms with Crippen LogP contribution in [0.3, 0.4) is 0 Å². The van der Waals surface area contributed by atoms with Gasteiger partial charge in [-0.2, -0.15) is 0 Å². The number of hydrogen-bond donors (Lipinski definition) is 0. The predicted octanol–water partition coefficient (Wildman–Crippen LogP) is 24.8. The summed E-state index contributed by atoms with van der Waals surface area (Å²) >= 11 is 0. The Morgan fingerprint density at radius 3 is 0.885 bits per heavy atom. The number of quaternary nitrogens is 1. The Labute approximate surface area is 594 Å². The normalized spacial score (nSPS) is 13.2. The monoisotopic (exact) mass is 1340 g/mol. The van der Waals surface area contributed by atoms with E-state index in [1.165, 1.54) is 231 Å². The molecular formula is C87H153NO8. The van der Waals surface area contributed by atoms with E-state index in [1.807, 2.05) is 21.1 Å². The third-order valence-corrected chi connectivity index (χ3v) is 17.8. The Kier molecular flexibility index (Phi) is 73.5. The molecule has 554 valence electrons. The van der Waals surface area contributed by atoms with Gasteiger partial charge in [0.1, 0.15) is 13.2 Å². The van der Waals surface area contributed by atoms with Crippen LogP contribution in [-0.4, -0.2) is 82.3 Å². The van der Waals surface area contributed by atoms with E-state index < -0.39 is 24.3 Å². The van der Waals surface area contributed by atoms with Crippen molar-refractivity contribution in [2.24, 2.45) is 0 Å². The molecule has 0 amide bonds. The fourth-order valence-corrected chi connectivity index (χ4v) is 11.7. The van der Waals surface area contributed by atoms with Crippen LogP contribution in [0, 0.1) is 0 Å². The number of carbonyl (C=O) groups is 3. The minimum atomic E-state index is -1.63. The minimum absolute atomic E-state index is 0.144. The van der Waals surface area contributed by atoms with Crippen molar-refractivity contribution in [2.45, 2.75) is 379 Å². The number of allylic oxidation sites excluding steroid dienone is 18. The highest BCUT2D eigenvalue weighted by molar-refractivity contribution is 5.70. The Morgan fingerprint density at radius 2 is 0.594 bits per heavy atom. The molecule has 0 radical (unpaired) electrons. The van der Waals surface area contributed by atoms with Gasteiger partial charge in [0.2, 0.25) is 0 Å². The molecule has 0 aliphatic carbocycles. The van der Waals surface area contributed by atoms with Gasteiger partial charge in [-0.05, 0) is 83.5 Å². The van der Waals surface area contributed by atoms with Crippen LogP contribution >= 0.6 is 0 Å². The maximum atomic E-state index is 13.0. The van der Waals surface area contributed by atoms with Gasteiger partial charge >= 0.3 is 11.9 Å². The first-order chi connectivity index (χ1) is 47.1. The number of hydrogen-bond acceptors (Lipinski definition) is 8. The zero-order valence-electron chi connectivity index (χ0n) is 63.5. The first-order valence-electron chi connectivity index (χ1n) is 40.5. The molecular weight excluding hydrogens is 1190 g/mol. The molecule has 0 aliphatic heterocycles. The van der Waals surface area contributed by atoms with Crippen LogP contribution < -0.4 is 5.11 Å². The first kappa shape index (κ1) is 92.0. The van der Waals surface area contributed by atoms with Crippen LogP contribution in [0.15, 0.2) is 109 Å². The second kappa shape index (κ2) is 76.7. The molecule has 0 aromatic carbocycles. The largest absolute Gasteiger partial charge is 0.545 e. The van der Waals surface area contributed by atoms with Crippen LogP contribution in [0.1, 0.15) is 367 Å². The summed E-state index contributed by atoms with van der Waals surface area (Å²) in [5.41, 5.74) is 0. The van der Waals surface area contributed by atoms with Crippen molar-refractivity contribution in [3.63, 3.8) is 0 Å². The van der Waals surface area contributed by atoms with E-state index in [-0.39, 0.29) is 32.2 Å². The van der Waals surface area contributed by atoms with Gasteiger partial charge in [-0.3, -0.25) is 9.59 Å². The molecule has 2 unspecified atom stereocenters. The van der Waals surface area contributed by atoms with Gasteiger partial charge in [-0.25, -0.2) is 0 Å². The zero-order valence-corrected chi connectivity index (χ0v) is 63.5. The number of nitrogens with zero attached hydrogens (tertiary/aromatic N) is 1. The molecule has 0 aromatic rings. The van der Waals surface area contributed by atoms with Gasteiger partial charge in [0.05, 0.1) is 40.3 Å². The molecule has 2 atom stereocenters. The number of carboxylic acids is 1. The molecule has 9 heteroatoms. The summed E-state index contributed by atoms with van der Waals surface area (Å²) in [5, 5.41) is 11.9. The van der Waals surface area contributed by atoms with E-state index in [2.05, 4.69) is 123 Å². The van der Waals surface area contributed by atoms with Gasteiger partial charge in [-0.1, -0.05) is 380 Å². The second-order valence-electron chi connectivity index (χ2n) is 28.3. The molecule has 0 rings (SSSR count). The molecule has 0 aromatic heterocycles. The van der Waals surface area contributed by atoms with E-state index in [9.17, 15) is 19.5 Å². The number of likely N-dealkylation sites (N-methyl/N-ethyl adjacent to an activating group) is 1. The van der Waals surface area contributed by atoms with Crippen LogP contribution in [0.2, 0.25) is 0 Å². The van der Waals surface area contributed by atoms with Crippen molar-refractivity contribution < 1.29 is 42.9 Å². The lowest BCUT2D eigenvalue weighted by Crippen LogP contribution is -2.44. The minimum Gasteiger partial charge on any atom is -0.545 e. The molecule has 0 fully saturated rings. The van der Waals surface area contributed by atoms with E-state index >= 15 is 0 Å². The SMILES string of the molecule is CC/C=C\C/C=C\C/C=C\C/C=C\C/C=C\C/C=C\C/C=C\C/C=C\C/C=C\CCCCCCCCCCCC(=O)OC(COC(=O)CCCCCCCCCCCCCCCCCCCCCCCCCCCCCCCCCCCC)COC(OCC[N+](C)(C)C)C(=O)[O-]. The Bertz CT molecular complexity index is 1950. The smallest absolute Gasteiger partial charge is 0.306 e. The molecule has 9 nitrogen and oxygen atoms in total. The Balaban J connectivity index is 4.06. The second-order valence-corrected chi connectivity index (χ2v) is 28.3. The molecule has 0 N–H and O–H groups in total. The fourth-order valence-electron chi connectivity index (χ4n) is 11.7. The Morgan fingerprint density at radius 1 is 0.323 bits per heavy atom. The highest BCUT2D eigenvalue weighted by Crippen LogP contribution is 2.19. The quantitative estimate of drug-likeness (QED) is 0.0195. The van der Waals surface area contributed by atoms with Gasteiger partial charge in [0, 0.05) is 12.8 Å². The van der Waals surface area contributed by atoms with Crippen molar-refractivity contribution in [1.29, 1.82) is 0 Å². The van der Waals surface area contributed by atoms with E-state index in [0.29, 0.717) is 23.9 Å². The van der Waals surface area contributed by atoms with Gasteiger partial charge in [0.25, 0.3) is 0 Å². The third kappa shape index (κ3) is 77.3. The number of rotatable bonds is 75. The predicted molar refractivity (Wildman–Crippen MR) is 412 cm³/mol. The van der Waals surface area contributed by atoms with Gasteiger partial charge in [0.15, 0.2) is 12.4 Å².